The van der Waals surface area contributed by atoms with Crippen LogP contribution in [0.1, 0.15) is 34.0 Å². The van der Waals surface area contributed by atoms with Crippen molar-refractivity contribution < 1.29 is 9.53 Å². The Bertz CT molecular complexity index is 1050. The molecule has 6 nitrogen and oxygen atoms in total. The topological polar surface area (TPSA) is 72.7 Å². The molecule has 0 unspecified atom stereocenters. The minimum atomic E-state index is -0.541. The zero-order valence-electron chi connectivity index (χ0n) is 16.5. The Morgan fingerprint density at radius 2 is 1.76 bits per heavy atom. The summed E-state index contributed by atoms with van der Waals surface area (Å²) in [7, 11) is 1.60. The highest BCUT2D eigenvalue weighted by Gasteiger charge is 2.11. The lowest BCUT2D eigenvalue weighted by Gasteiger charge is -2.08. The van der Waals surface area contributed by atoms with Crippen LogP contribution in [0.4, 0.5) is 0 Å². The highest BCUT2D eigenvalue weighted by Crippen LogP contribution is 2.12. The maximum absolute atomic E-state index is 12.7. The number of pyridine rings is 1. The summed E-state index contributed by atoms with van der Waals surface area (Å²) < 4.78 is 6.63. The fourth-order valence-electron chi connectivity index (χ4n) is 2.83. The number of rotatable bonds is 7. The van der Waals surface area contributed by atoms with Gasteiger partial charge in [0.2, 0.25) is 0 Å². The van der Waals surface area contributed by atoms with Gasteiger partial charge < -0.3 is 9.30 Å². The Morgan fingerprint density at radius 1 is 1.07 bits per heavy atom. The van der Waals surface area contributed by atoms with E-state index < -0.39 is 5.91 Å². The first-order chi connectivity index (χ1) is 14.1. The minimum Gasteiger partial charge on any atom is -0.497 e. The average Bonchev–Trinajstić information content (AvgIpc) is 2.76. The second-order valence-corrected chi connectivity index (χ2v) is 6.50. The Balaban J connectivity index is 1.69. The second-order valence-electron chi connectivity index (χ2n) is 6.50. The van der Waals surface area contributed by atoms with Crippen LogP contribution in [0, 0.1) is 0 Å². The Hall–Kier alpha value is -3.67. The molecule has 1 amide bonds. The van der Waals surface area contributed by atoms with Crippen LogP contribution in [0.5, 0.6) is 5.75 Å². The third-order valence-electron chi connectivity index (χ3n) is 4.54. The SMILES string of the molecule is CCc1ccc(/C=N\NC(=O)c2cccn(Cc3ccc(OC)cc3)c2=O)cc1. The number of hydrogen-bond acceptors (Lipinski definition) is 4. The molecule has 29 heavy (non-hydrogen) atoms. The van der Waals surface area contributed by atoms with Gasteiger partial charge in [0.15, 0.2) is 0 Å². The van der Waals surface area contributed by atoms with Gasteiger partial charge >= 0.3 is 0 Å². The normalized spacial score (nSPS) is 10.8. The van der Waals surface area contributed by atoms with E-state index in [0.717, 1.165) is 23.3 Å². The van der Waals surface area contributed by atoms with Crippen molar-refractivity contribution in [2.75, 3.05) is 7.11 Å². The molecule has 0 radical (unpaired) electrons. The molecule has 0 saturated heterocycles. The number of ether oxygens (including phenoxy) is 1. The first-order valence-electron chi connectivity index (χ1n) is 9.35. The van der Waals surface area contributed by atoms with Crippen LogP contribution in [0.25, 0.3) is 0 Å². The number of benzene rings is 2. The number of amides is 1. The first-order valence-corrected chi connectivity index (χ1v) is 9.35. The molecule has 3 rings (SSSR count). The van der Waals surface area contributed by atoms with Crippen molar-refractivity contribution in [2.24, 2.45) is 5.10 Å². The van der Waals surface area contributed by atoms with E-state index in [0.29, 0.717) is 6.54 Å². The number of carbonyl (C=O) groups excluding carboxylic acids is 1. The molecule has 1 N–H and O–H groups in total. The van der Waals surface area contributed by atoms with Crippen molar-refractivity contribution >= 4 is 12.1 Å². The van der Waals surface area contributed by atoms with Crippen molar-refractivity contribution in [1.82, 2.24) is 9.99 Å². The number of aryl methyl sites for hydroxylation is 1. The summed E-state index contributed by atoms with van der Waals surface area (Å²) in [5.41, 5.74) is 5.12. The molecule has 148 valence electrons. The molecular weight excluding hydrogens is 366 g/mol. The average molecular weight is 389 g/mol. The summed E-state index contributed by atoms with van der Waals surface area (Å²) >= 11 is 0. The second kappa shape index (κ2) is 9.50. The van der Waals surface area contributed by atoms with Crippen LogP contribution in [0.15, 0.2) is 76.8 Å². The highest BCUT2D eigenvalue weighted by atomic mass is 16.5. The van der Waals surface area contributed by atoms with Crippen molar-refractivity contribution in [3.8, 4) is 5.75 Å². The Labute approximate surface area is 169 Å². The number of carbonyl (C=O) groups is 1. The van der Waals surface area contributed by atoms with Gasteiger partial charge in [-0.3, -0.25) is 9.59 Å². The summed E-state index contributed by atoms with van der Waals surface area (Å²) in [4.78, 5) is 25.1. The molecule has 6 heteroatoms. The summed E-state index contributed by atoms with van der Waals surface area (Å²) in [6.45, 7) is 2.45. The summed E-state index contributed by atoms with van der Waals surface area (Å²) in [5.74, 6) is 0.205. The molecule has 0 bridgehead atoms. The van der Waals surface area contributed by atoms with Crippen LogP contribution in [0.3, 0.4) is 0 Å². The summed E-state index contributed by atoms with van der Waals surface area (Å²) in [6, 6.07) is 18.5. The molecule has 0 aliphatic carbocycles. The number of hydrazone groups is 1. The van der Waals surface area contributed by atoms with Crippen molar-refractivity contribution in [1.29, 1.82) is 0 Å². The summed E-state index contributed by atoms with van der Waals surface area (Å²) in [6.07, 6.45) is 4.17. The van der Waals surface area contributed by atoms with Crippen LogP contribution in [0.2, 0.25) is 0 Å². The molecule has 1 heterocycles. The molecule has 0 fully saturated rings. The fourth-order valence-corrected chi connectivity index (χ4v) is 2.83. The molecule has 1 aromatic heterocycles. The standard InChI is InChI=1S/C23H23N3O3/c1-3-17-6-8-18(9-7-17)15-24-25-22(27)21-5-4-14-26(23(21)28)16-19-10-12-20(29-2)13-11-19/h4-15H,3,16H2,1-2H3,(H,25,27)/b24-15-. The lowest BCUT2D eigenvalue weighted by Crippen LogP contribution is -2.30. The van der Waals surface area contributed by atoms with E-state index in [1.165, 1.54) is 16.2 Å². The smallest absolute Gasteiger partial charge is 0.276 e. The quantitative estimate of drug-likeness (QED) is 0.498. The monoisotopic (exact) mass is 389 g/mol. The largest absolute Gasteiger partial charge is 0.497 e. The zero-order valence-corrected chi connectivity index (χ0v) is 16.5. The lowest BCUT2D eigenvalue weighted by molar-refractivity contribution is 0.0953. The van der Waals surface area contributed by atoms with Crippen LogP contribution < -0.4 is 15.7 Å². The molecule has 0 aliphatic rings. The first kappa shape index (κ1) is 20.1. The zero-order chi connectivity index (χ0) is 20.6. The van der Waals surface area contributed by atoms with Gasteiger partial charge in [-0.15, -0.1) is 0 Å². The van der Waals surface area contributed by atoms with E-state index >= 15 is 0 Å². The molecule has 2 aromatic carbocycles. The van der Waals surface area contributed by atoms with Crippen molar-refractivity contribution in [3.05, 3.63) is 99.5 Å². The van der Waals surface area contributed by atoms with Gasteiger partial charge in [-0.05, 0) is 47.4 Å². The van der Waals surface area contributed by atoms with Crippen LogP contribution >= 0.6 is 0 Å². The molecule has 0 spiro atoms. The van der Waals surface area contributed by atoms with E-state index in [9.17, 15) is 9.59 Å². The lowest BCUT2D eigenvalue weighted by atomic mass is 10.1. The molecule has 3 aromatic rings. The van der Waals surface area contributed by atoms with E-state index in [-0.39, 0.29) is 11.1 Å². The highest BCUT2D eigenvalue weighted by molar-refractivity contribution is 5.94. The molecule has 0 atom stereocenters. The molecule has 0 aliphatic heterocycles. The fraction of sp³-hybridized carbons (Fsp3) is 0.174. The maximum Gasteiger partial charge on any atom is 0.276 e. The predicted molar refractivity (Wildman–Crippen MR) is 114 cm³/mol. The van der Waals surface area contributed by atoms with E-state index in [1.807, 2.05) is 48.5 Å². The number of hydrogen-bond donors (Lipinski definition) is 1. The van der Waals surface area contributed by atoms with Gasteiger partial charge in [0.25, 0.3) is 11.5 Å². The maximum atomic E-state index is 12.7. The van der Waals surface area contributed by atoms with Crippen molar-refractivity contribution in [2.45, 2.75) is 19.9 Å². The number of nitrogens with one attached hydrogen (secondary N) is 1. The van der Waals surface area contributed by atoms with Crippen molar-refractivity contribution in [3.63, 3.8) is 0 Å². The van der Waals surface area contributed by atoms with Gasteiger partial charge in [0.05, 0.1) is 19.9 Å². The van der Waals surface area contributed by atoms with Gasteiger partial charge in [-0.2, -0.15) is 5.10 Å². The van der Waals surface area contributed by atoms with E-state index in [4.69, 9.17) is 4.74 Å². The number of methoxy groups -OCH3 is 1. The van der Waals surface area contributed by atoms with E-state index in [1.54, 1.807) is 25.6 Å². The van der Waals surface area contributed by atoms with Crippen LogP contribution in [-0.4, -0.2) is 23.8 Å². The summed E-state index contributed by atoms with van der Waals surface area (Å²) in [5, 5.41) is 3.96. The van der Waals surface area contributed by atoms with Gasteiger partial charge in [-0.25, -0.2) is 5.43 Å². The number of nitrogens with zero attached hydrogens (tertiary/aromatic N) is 2. The minimum absolute atomic E-state index is 0.0412. The Morgan fingerprint density at radius 3 is 2.41 bits per heavy atom. The Kier molecular flexibility index (Phi) is 6.58. The van der Waals surface area contributed by atoms with E-state index in [2.05, 4.69) is 17.5 Å². The van der Waals surface area contributed by atoms with Gasteiger partial charge in [0.1, 0.15) is 11.3 Å². The predicted octanol–water partition coefficient (Wildman–Crippen LogP) is 3.23. The van der Waals surface area contributed by atoms with Gasteiger partial charge in [-0.1, -0.05) is 43.3 Å². The van der Waals surface area contributed by atoms with Crippen LogP contribution in [-0.2, 0) is 13.0 Å². The molecular formula is C23H23N3O3. The number of aromatic nitrogens is 1. The third-order valence-corrected chi connectivity index (χ3v) is 4.54. The van der Waals surface area contributed by atoms with Gasteiger partial charge in [0, 0.05) is 6.20 Å². The molecule has 0 saturated carbocycles. The third kappa shape index (κ3) is 5.19.